The van der Waals surface area contributed by atoms with E-state index in [1.165, 1.54) is 18.3 Å². The molecule has 0 atom stereocenters. The fourth-order valence-electron chi connectivity index (χ4n) is 2.39. The summed E-state index contributed by atoms with van der Waals surface area (Å²) in [6.45, 7) is 2.39. The molecule has 0 aliphatic carbocycles. The number of nitrogens with one attached hydrogen (secondary N) is 2. The van der Waals surface area contributed by atoms with Crippen molar-refractivity contribution in [2.45, 2.75) is 13.5 Å². The molecule has 2 N–H and O–H groups in total. The highest BCUT2D eigenvalue weighted by atomic mass is 35.5. The van der Waals surface area contributed by atoms with Crippen molar-refractivity contribution in [1.29, 1.82) is 0 Å². The van der Waals surface area contributed by atoms with Gasteiger partial charge in [-0.25, -0.2) is 4.39 Å². The molecule has 0 aliphatic rings. The van der Waals surface area contributed by atoms with Crippen LogP contribution in [0.1, 0.15) is 21.5 Å². The van der Waals surface area contributed by atoms with Crippen molar-refractivity contribution < 1.29 is 9.18 Å². The van der Waals surface area contributed by atoms with Gasteiger partial charge in [-0.1, -0.05) is 29.8 Å². The molecule has 0 aliphatic heterocycles. The first-order chi connectivity index (χ1) is 12.5. The summed E-state index contributed by atoms with van der Waals surface area (Å²) in [6, 6.07) is 13.3. The van der Waals surface area contributed by atoms with Crippen molar-refractivity contribution in [3.63, 3.8) is 0 Å². The molecular weight excluding hydrogens is 353 g/mol. The van der Waals surface area contributed by atoms with E-state index in [1.807, 2.05) is 13.0 Å². The topological polar surface area (TPSA) is 54.0 Å². The number of benzene rings is 2. The average Bonchev–Trinajstić information content (AvgIpc) is 2.64. The average molecular weight is 370 g/mol. The van der Waals surface area contributed by atoms with E-state index in [9.17, 15) is 9.18 Å². The number of amides is 1. The number of halogens is 2. The molecule has 26 heavy (non-hydrogen) atoms. The molecule has 132 valence electrons. The summed E-state index contributed by atoms with van der Waals surface area (Å²) in [6.07, 6.45) is 3.13. The lowest BCUT2D eigenvalue weighted by molar-refractivity contribution is 0.102. The minimum atomic E-state index is -0.273. The predicted octanol–water partition coefficient (Wildman–Crippen LogP) is 5.05. The van der Waals surface area contributed by atoms with Crippen LogP contribution in [0.25, 0.3) is 0 Å². The Bertz CT molecular complexity index is 929. The van der Waals surface area contributed by atoms with Crippen molar-refractivity contribution in [2.24, 2.45) is 0 Å². The Morgan fingerprint density at radius 1 is 1.12 bits per heavy atom. The van der Waals surface area contributed by atoms with Crippen LogP contribution in [0.5, 0.6) is 0 Å². The number of carbonyl (C=O) groups excluding carboxylic acids is 1. The number of hydrogen-bond acceptors (Lipinski definition) is 3. The maximum Gasteiger partial charge on any atom is 0.257 e. The number of aryl methyl sites for hydroxylation is 1. The first-order valence-electron chi connectivity index (χ1n) is 8.02. The van der Waals surface area contributed by atoms with E-state index < -0.39 is 0 Å². The van der Waals surface area contributed by atoms with Gasteiger partial charge in [0, 0.05) is 29.6 Å². The number of anilines is 2. The summed E-state index contributed by atoms with van der Waals surface area (Å²) in [5.74, 6) is -0.543. The molecule has 3 aromatic rings. The SMILES string of the molecule is Cc1ccc(Cl)cc1NC(=O)c1cncc(NCc2ccc(F)cc2)c1. The first-order valence-corrected chi connectivity index (χ1v) is 8.40. The molecular formula is C20H17ClFN3O. The molecule has 1 aromatic heterocycles. The summed E-state index contributed by atoms with van der Waals surface area (Å²) in [5, 5.41) is 6.57. The van der Waals surface area contributed by atoms with E-state index in [4.69, 9.17) is 11.6 Å². The van der Waals surface area contributed by atoms with Gasteiger partial charge in [0.25, 0.3) is 5.91 Å². The normalized spacial score (nSPS) is 10.4. The van der Waals surface area contributed by atoms with Crippen molar-refractivity contribution >= 4 is 28.9 Å². The molecule has 0 saturated carbocycles. The fourth-order valence-corrected chi connectivity index (χ4v) is 2.56. The third-order valence-electron chi connectivity index (χ3n) is 3.86. The number of hydrogen-bond donors (Lipinski definition) is 2. The van der Waals surface area contributed by atoms with Gasteiger partial charge < -0.3 is 10.6 Å². The molecule has 3 rings (SSSR count). The maximum atomic E-state index is 12.9. The molecule has 1 amide bonds. The van der Waals surface area contributed by atoms with E-state index >= 15 is 0 Å². The second kappa shape index (κ2) is 7.97. The van der Waals surface area contributed by atoms with Gasteiger partial charge in [-0.15, -0.1) is 0 Å². The van der Waals surface area contributed by atoms with Crippen molar-refractivity contribution in [3.05, 3.63) is 88.5 Å². The smallest absolute Gasteiger partial charge is 0.257 e. The lowest BCUT2D eigenvalue weighted by Crippen LogP contribution is -2.13. The Morgan fingerprint density at radius 2 is 1.88 bits per heavy atom. The highest BCUT2D eigenvalue weighted by Crippen LogP contribution is 2.21. The van der Waals surface area contributed by atoms with Crippen molar-refractivity contribution in [1.82, 2.24) is 4.98 Å². The zero-order valence-electron chi connectivity index (χ0n) is 14.1. The molecule has 0 unspecified atom stereocenters. The Balaban J connectivity index is 1.69. The van der Waals surface area contributed by atoms with Gasteiger partial charge in [-0.05, 0) is 48.4 Å². The third kappa shape index (κ3) is 4.58. The van der Waals surface area contributed by atoms with E-state index in [1.54, 1.807) is 36.5 Å². The Hall–Kier alpha value is -2.92. The molecule has 2 aromatic carbocycles. The number of nitrogens with zero attached hydrogens (tertiary/aromatic N) is 1. The molecule has 0 bridgehead atoms. The standard InChI is InChI=1S/C20H17ClFN3O/c1-13-2-5-16(21)9-19(13)25-20(26)15-8-18(12-23-11-15)24-10-14-3-6-17(22)7-4-14/h2-9,11-12,24H,10H2,1H3,(H,25,26). The number of aromatic nitrogens is 1. The van der Waals surface area contributed by atoms with Gasteiger partial charge in [0.1, 0.15) is 5.82 Å². The molecule has 4 nitrogen and oxygen atoms in total. The summed E-state index contributed by atoms with van der Waals surface area (Å²) in [5.41, 5.74) is 3.63. The van der Waals surface area contributed by atoms with Gasteiger partial charge >= 0.3 is 0 Å². The van der Waals surface area contributed by atoms with Crippen LogP contribution >= 0.6 is 11.6 Å². The van der Waals surface area contributed by atoms with Crippen LogP contribution in [-0.4, -0.2) is 10.9 Å². The zero-order chi connectivity index (χ0) is 18.5. The van der Waals surface area contributed by atoms with Crippen LogP contribution in [0, 0.1) is 12.7 Å². The number of rotatable bonds is 5. The quantitative estimate of drug-likeness (QED) is 0.662. The highest BCUT2D eigenvalue weighted by molar-refractivity contribution is 6.31. The van der Waals surface area contributed by atoms with Crippen LogP contribution in [0.3, 0.4) is 0 Å². The van der Waals surface area contributed by atoms with E-state index in [0.717, 1.165) is 11.1 Å². The zero-order valence-corrected chi connectivity index (χ0v) is 14.8. The van der Waals surface area contributed by atoms with Crippen LogP contribution < -0.4 is 10.6 Å². The van der Waals surface area contributed by atoms with Crippen LogP contribution in [-0.2, 0) is 6.54 Å². The molecule has 6 heteroatoms. The lowest BCUT2D eigenvalue weighted by Gasteiger charge is -2.10. The minimum absolute atomic E-state index is 0.270. The highest BCUT2D eigenvalue weighted by Gasteiger charge is 2.09. The maximum absolute atomic E-state index is 12.9. The Morgan fingerprint density at radius 3 is 2.65 bits per heavy atom. The number of carbonyl (C=O) groups is 1. The van der Waals surface area contributed by atoms with Crippen LogP contribution in [0.15, 0.2) is 60.9 Å². The van der Waals surface area contributed by atoms with Crippen molar-refractivity contribution in [2.75, 3.05) is 10.6 Å². The van der Waals surface area contributed by atoms with E-state index in [0.29, 0.717) is 28.5 Å². The van der Waals surface area contributed by atoms with E-state index in [2.05, 4.69) is 15.6 Å². The molecule has 0 fully saturated rings. The van der Waals surface area contributed by atoms with Crippen LogP contribution in [0.4, 0.5) is 15.8 Å². The molecule has 1 heterocycles. The van der Waals surface area contributed by atoms with Gasteiger partial charge in [-0.2, -0.15) is 0 Å². The Labute approximate surface area is 156 Å². The van der Waals surface area contributed by atoms with Gasteiger partial charge in [0.2, 0.25) is 0 Å². The molecule has 0 spiro atoms. The second-order valence-electron chi connectivity index (χ2n) is 5.86. The van der Waals surface area contributed by atoms with E-state index in [-0.39, 0.29) is 11.7 Å². The summed E-state index contributed by atoms with van der Waals surface area (Å²) < 4.78 is 12.9. The summed E-state index contributed by atoms with van der Waals surface area (Å²) >= 11 is 5.98. The Kier molecular flexibility index (Phi) is 5.49. The molecule has 0 radical (unpaired) electrons. The van der Waals surface area contributed by atoms with Gasteiger partial charge in [0.15, 0.2) is 0 Å². The van der Waals surface area contributed by atoms with Gasteiger partial charge in [-0.3, -0.25) is 9.78 Å². The number of pyridine rings is 1. The minimum Gasteiger partial charge on any atom is -0.380 e. The summed E-state index contributed by atoms with van der Waals surface area (Å²) in [7, 11) is 0. The summed E-state index contributed by atoms with van der Waals surface area (Å²) in [4.78, 5) is 16.6. The largest absolute Gasteiger partial charge is 0.380 e. The molecule has 0 saturated heterocycles. The lowest BCUT2D eigenvalue weighted by atomic mass is 10.2. The van der Waals surface area contributed by atoms with Gasteiger partial charge in [0.05, 0.1) is 11.3 Å². The first kappa shape index (κ1) is 17.9. The second-order valence-corrected chi connectivity index (χ2v) is 6.29. The fraction of sp³-hybridized carbons (Fsp3) is 0.100. The monoisotopic (exact) mass is 369 g/mol. The third-order valence-corrected chi connectivity index (χ3v) is 4.09. The van der Waals surface area contributed by atoms with Crippen LogP contribution in [0.2, 0.25) is 5.02 Å². The van der Waals surface area contributed by atoms with Crippen molar-refractivity contribution in [3.8, 4) is 0 Å². The predicted molar refractivity (Wildman–Crippen MR) is 102 cm³/mol.